The molecule has 16 bridgehead atoms. The van der Waals surface area contributed by atoms with Crippen molar-refractivity contribution in [2.45, 2.75) is 176 Å². The smallest absolute Gasteiger partial charge is 0.266 e. The Morgan fingerprint density at radius 3 is 1.04 bits per heavy atom. The summed E-state index contributed by atoms with van der Waals surface area (Å²) in [7, 11) is 2.54. The molecule has 0 spiro atoms. The molecule has 55 heavy (non-hydrogen) atoms. The molecule has 0 radical (unpaired) electrons. The minimum Gasteiger partial charge on any atom is -0.343 e. The summed E-state index contributed by atoms with van der Waals surface area (Å²) in [5.41, 5.74) is 4.20. The summed E-state index contributed by atoms with van der Waals surface area (Å²) in [5, 5.41) is 0. The van der Waals surface area contributed by atoms with E-state index in [0.717, 1.165) is 112 Å². The fourth-order valence-electron chi connectivity index (χ4n) is 22.0. The Kier molecular flexibility index (Phi) is 5.81. The number of carbonyl (C=O) groups is 2. The third kappa shape index (κ3) is 3.87. The van der Waals surface area contributed by atoms with Crippen molar-refractivity contribution in [3.8, 4) is 0 Å². The Labute approximate surface area is 329 Å². The van der Waals surface area contributed by atoms with Gasteiger partial charge in [-0.05, 0) is 206 Å². The van der Waals surface area contributed by atoms with Gasteiger partial charge in [-0.2, -0.15) is 0 Å². The fourth-order valence-corrected chi connectivity index (χ4v) is 22.0. The topological polar surface area (TPSA) is 43.9 Å². The van der Waals surface area contributed by atoms with Gasteiger partial charge < -0.3 is 14.7 Å². The molecule has 0 saturated heterocycles. The first-order chi connectivity index (χ1) is 26.6. The van der Waals surface area contributed by atoms with Gasteiger partial charge in [0.05, 0.1) is 13.7 Å². The van der Waals surface area contributed by atoms with Crippen molar-refractivity contribution in [2.24, 2.45) is 71.0 Å². The Morgan fingerprint density at radius 2 is 0.691 bits per heavy atom. The molecule has 16 fully saturated rings. The van der Waals surface area contributed by atoms with E-state index in [1.54, 1.807) is 0 Å². The summed E-state index contributed by atoms with van der Waals surface area (Å²) in [6.45, 7) is 1.73. The largest absolute Gasteiger partial charge is 0.343 e. The van der Waals surface area contributed by atoms with E-state index in [4.69, 9.17) is 0 Å². The number of nitrogens with zero attached hydrogens (tertiary/aromatic N) is 4. The minimum absolute atomic E-state index is 0.0720. The molecule has 19 aliphatic rings. The van der Waals surface area contributed by atoms with Gasteiger partial charge in [0.1, 0.15) is 16.9 Å². The first kappa shape index (κ1) is 32.1. The second kappa shape index (κ2) is 9.95. The minimum atomic E-state index is 0.0720. The second-order valence-electron chi connectivity index (χ2n) is 25.4. The van der Waals surface area contributed by atoms with Gasteiger partial charge in [0.2, 0.25) is 11.5 Å². The van der Waals surface area contributed by atoms with Gasteiger partial charge >= 0.3 is 0 Å². The number of hydrogen-bond acceptors (Lipinski definition) is 5. The molecular formula is C49H67N4O2+. The van der Waals surface area contributed by atoms with Crippen molar-refractivity contribution in [2.75, 3.05) is 20.4 Å². The zero-order chi connectivity index (χ0) is 36.0. The molecule has 0 N–H and O–H groups in total. The quantitative estimate of drug-likeness (QED) is 0.213. The summed E-state index contributed by atoms with van der Waals surface area (Å²) in [6.07, 6.45) is 32.2. The first-order valence-electron chi connectivity index (χ1n) is 24.3. The number of Topliss-reactive ketones (excluding diaryl/α,β-unsaturated/α-hetero) is 2. The van der Waals surface area contributed by atoms with Crippen molar-refractivity contribution >= 4 is 11.6 Å². The van der Waals surface area contributed by atoms with Crippen molar-refractivity contribution in [1.29, 1.82) is 0 Å². The van der Waals surface area contributed by atoms with Crippen LogP contribution in [0, 0.1) is 71.0 Å². The molecular weight excluding hydrogens is 677 g/mol. The lowest BCUT2D eigenvalue weighted by Gasteiger charge is -2.63. The summed E-state index contributed by atoms with van der Waals surface area (Å²) in [4.78, 5) is 41.5. The molecule has 6 nitrogen and oxygen atoms in total. The maximum Gasteiger partial charge on any atom is 0.266 e. The van der Waals surface area contributed by atoms with Crippen molar-refractivity contribution in [3.05, 3.63) is 22.8 Å². The Hall–Kier alpha value is -1.82. The van der Waals surface area contributed by atoms with Crippen LogP contribution in [-0.4, -0.2) is 73.3 Å². The molecule has 17 aliphatic carbocycles. The molecule has 0 aromatic carbocycles. The lowest BCUT2D eigenvalue weighted by atomic mass is 9.51. The monoisotopic (exact) mass is 744 g/mol. The standard InChI is InChI=1S/C49H67N4O2/c1-53(49-23-37-11-38(24-49)13-39(12-37)25-49)27-52(48-20-34-8-35(21-48)10-36(9-34)22-48)42-43(53)45(55)41-40(44(42)54)50(46-14-28-2-29(15-46)4-30(3-28)16-46)26-51(41)47-17-31-5-32(18-47)7-33(6-31)19-47/h28-39H,2-27H2,1H3/q+1. The number of rotatable bonds is 4. The molecule has 294 valence electrons. The van der Waals surface area contributed by atoms with Crippen LogP contribution in [0.1, 0.15) is 154 Å². The summed E-state index contributed by atoms with van der Waals surface area (Å²) >= 11 is 0. The molecule has 0 aromatic rings. The van der Waals surface area contributed by atoms with Crippen LogP contribution in [-0.2, 0) is 9.59 Å². The molecule has 1 unspecified atom stereocenters. The van der Waals surface area contributed by atoms with E-state index in [-0.39, 0.29) is 22.2 Å². The van der Waals surface area contributed by atoms with E-state index in [9.17, 15) is 0 Å². The zero-order valence-corrected chi connectivity index (χ0v) is 33.9. The van der Waals surface area contributed by atoms with Gasteiger partial charge in [-0.3, -0.25) is 14.1 Å². The van der Waals surface area contributed by atoms with Gasteiger partial charge in [0.15, 0.2) is 12.4 Å². The van der Waals surface area contributed by atoms with E-state index >= 15 is 9.59 Å². The van der Waals surface area contributed by atoms with Crippen LogP contribution in [0.15, 0.2) is 22.8 Å². The molecule has 19 rings (SSSR count). The highest BCUT2D eigenvalue weighted by Gasteiger charge is 2.72. The van der Waals surface area contributed by atoms with E-state index in [0.29, 0.717) is 11.6 Å². The lowest BCUT2D eigenvalue weighted by Crippen LogP contribution is -2.70. The third-order valence-corrected chi connectivity index (χ3v) is 22.1. The van der Waals surface area contributed by atoms with Gasteiger partial charge in [-0.1, -0.05) is 0 Å². The van der Waals surface area contributed by atoms with Gasteiger partial charge in [0, 0.05) is 35.9 Å². The molecule has 0 amide bonds. The van der Waals surface area contributed by atoms with Crippen LogP contribution in [0.25, 0.3) is 0 Å². The Balaban J connectivity index is 0.927. The number of hydrogen-bond donors (Lipinski definition) is 0. The summed E-state index contributed by atoms with van der Waals surface area (Å²) in [6, 6.07) is 0. The normalized spacial score (nSPS) is 58.4. The van der Waals surface area contributed by atoms with Crippen LogP contribution in [0.3, 0.4) is 0 Å². The number of carbonyl (C=O) groups excluding carboxylic acids is 2. The number of quaternary nitrogens is 1. The first-order valence-corrected chi connectivity index (χ1v) is 24.3. The van der Waals surface area contributed by atoms with Crippen LogP contribution in [0.4, 0.5) is 0 Å². The van der Waals surface area contributed by atoms with Crippen LogP contribution < -0.4 is 0 Å². The van der Waals surface area contributed by atoms with Crippen molar-refractivity contribution in [1.82, 2.24) is 14.7 Å². The number of ketones is 2. The molecule has 2 aliphatic heterocycles. The van der Waals surface area contributed by atoms with Crippen LogP contribution in [0.2, 0.25) is 0 Å². The van der Waals surface area contributed by atoms with Crippen LogP contribution >= 0.6 is 0 Å². The van der Waals surface area contributed by atoms with E-state index < -0.39 is 0 Å². The Morgan fingerprint density at radius 1 is 0.400 bits per heavy atom. The predicted molar refractivity (Wildman–Crippen MR) is 209 cm³/mol. The SMILES string of the molecule is C[N+]1(C23CC4CC(CC(C4)C2)C3)CN(C23CC4CC(CC(C4)C2)C3)C2=C1C(=O)C1=C(C2=O)N(C23CC4CC(CC(C4)C2)C3)CN1C12CC3CC(CC(C3)C1)C2. The van der Waals surface area contributed by atoms with Crippen molar-refractivity contribution < 1.29 is 14.1 Å². The molecule has 16 saturated carbocycles. The summed E-state index contributed by atoms with van der Waals surface area (Å²) < 4.78 is 0.765. The second-order valence-corrected chi connectivity index (χ2v) is 25.4. The van der Waals surface area contributed by atoms with E-state index in [2.05, 4.69) is 21.7 Å². The van der Waals surface area contributed by atoms with E-state index in [1.807, 2.05) is 0 Å². The van der Waals surface area contributed by atoms with Gasteiger partial charge in [0.25, 0.3) is 5.78 Å². The predicted octanol–water partition coefficient (Wildman–Crippen LogP) is 8.73. The summed E-state index contributed by atoms with van der Waals surface area (Å²) in [5.74, 6) is 10.5. The van der Waals surface area contributed by atoms with Gasteiger partial charge in [-0.25, -0.2) is 0 Å². The third-order valence-electron chi connectivity index (χ3n) is 22.1. The highest BCUT2D eigenvalue weighted by molar-refractivity contribution is 6.24. The molecule has 6 heteroatoms. The maximum absolute atomic E-state index is 16.6. The highest BCUT2D eigenvalue weighted by Crippen LogP contribution is 2.68. The van der Waals surface area contributed by atoms with E-state index in [1.165, 1.54) is 154 Å². The average molecular weight is 744 g/mol. The maximum atomic E-state index is 16.6. The van der Waals surface area contributed by atoms with Crippen LogP contribution in [0.5, 0.6) is 0 Å². The zero-order valence-electron chi connectivity index (χ0n) is 33.9. The fraction of sp³-hybridized carbons (Fsp3) is 0.878. The van der Waals surface area contributed by atoms with Crippen molar-refractivity contribution in [3.63, 3.8) is 0 Å². The highest BCUT2D eigenvalue weighted by atomic mass is 16.2. The Bertz CT molecular complexity index is 1760. The average Bonchev–Trinajstić information content (AvgIpc) is 3.69. The molecule has 0 aromatic heterocycles. The molecule has 2 heterocycles. The molecule has 1 atom stereocenters. The number of likely N-dealkylation sites (N-methyl/N-ethyl adjacent to an activating group) is 1. The van der Waals surface area contributed by atoms with Gasteiger partial charge in [-0.15, -0.1) is 0 Å². The lowest BCUT2D eigenvalue weighted by molar-refractivity contribution is -0.929.